The Morgan fingerprint density at radius 1 is 1.50 bits per heavy atom. The minimum Gasteiger partial charge on any atom is -0.258 e. The van der Waals surface area contributed by atoms with Crippen molar-refractivity contribution >= 4 is 5.69 Å². The number of nitrogens with zero attached hydrogens (tertiary/aromatic N) is 1. The lowest BCUT2D eigenvalue weighted by molar-refractivity contribution is -0.385. The molecule has 0 aromatic heterocycles. The number of para-hydroxylation sites is 1. The van der Waals surface area contributed by atoms with Crippen LogP contribution >= 0.6 is 0 Å². The van der Waals surface area contributed by atoms with E-state index in [-0.39, 0.29) is 16.5 Å². The van der Waals surface area contributed by atoms with Crippen molar-refractivity contribution in [1.82, 2.24) is 0 Å². The summed E-state index contributed by atoms with van der Waals surface area (Å²) in [5.41, 5.74) is 0.836. The summed E-state index contributed by atoms with van der Waals surface area (Å²) >= 11 is 0. The summed E-state index contributed by atoms with van der Waals surface area (Å²) in [5.74, 6) is -0.0494. The minimum atomic E-state index is -0.378. The lowest BCUT2D eigenvalue weighted by Gasteiger charge is -2.04. The van der Waals surface area contributed by atoms with Crippen LogP contribution < -0.4 is 0 Å². The second-order valence-corrected chi connectivity index (χ2v) is 2.72. The van der Waals surface area contributed by atoms with E-state index in [1.165, 1.54) is 6.07 Å². The minimum absolute atomic E-state index is 0.0494. The molecule has 0 unspecified atom stereocenters. The third-order valence-electron chi connectivity index (χ3n) is 1.66. The summed E-state index contributed by atoms with van der Waals surface area (Å²) in [7, 11) is 0. The normalized spacial score (nSPS) is 10.2. The highest BCUT2D eigenvalue weighted by molar-refractivity contribution is 5.42. The first kappa shape index (κ1) is 8.71. The fourth-order valence-electron chi connectivity index (χ4n) is 1.07. The van der Waals surface area contributed by atoms with E-state index < -0.39 is 0 Å². The van der Waals surface area contributed by atoms with E-state index in [2.05, 4.69) is 6.92 Å². The van der Waals surface area contributed by atoms with Crippen LogP contribution in [0.3, 0.4) is 0 Å². The number of hydrogen-bond donors (Lipinski definition) is 0. The van der Waals surface area contributed by atoms with Gasteiger partial charge >= 0.3 is 0 Å². The van der Waals surface area contributed by atoms with Crippen LogP contribution in [0.25, 0.3) is 0 Å². The average molecular weight is 164 g/mol. The first-order valence-corrected chi connectivity index (χ1v) is 3.69. The molecular weight excluding hydrogens is 154 g/mol. The molecule has 1 atom stereocenters. The molecule has 3 heteroatoms. The summed E-state index contributed by atoms with van der Waals surface area (Å²) in [6, 6.07) is 6.67. The van der Waals surface area contributed by atoms with Gasteiger partial charge in [-0.1, -0.05) is 25.1 Å². The van der Waals surface area contributed by atoms with Crippen LogP contribution in [0.5, 0.6) is 0 Å². The molecule has 0 aliphatic heterocycles. The highest BCUT2D eigenvalue weighted by Crippen LogP contribution is 2.24. The Morgan fingerprint density at radius 3 is 2.50 bits per heavy atom. The maximum absolute atomic E-state index is 10.5. The van der Waals surface area contributed by atoms with Crippen molar-refractivity contribution in [2.75, 3.05) is 0 Å². The molecule has 63 valence electrons. The molecule has 0 bridgehead atoms. The lowest BCUT2D eigenvalue weighted by atomic mass is 10.0. The Kier molecular flexibility index (Phi) is 2.43. The van der Waals surface area contributed by atoms with Crippen molar-refractivity contribution in [2.24, 2.45) is 0 Å². The second kappa shape index (κ2) is 3.34. The van der Waals surface area contributed by atoms with Crippen molar-refractivity contribution in [2.45, 2.75) is 12.8 Å². The molecule has 1 aromatic carbocycles. The average Bonchev–Trinajstić information content (AvgIpc) is 2.04. The van der Waals surface area contributed by atoms with Crippen molar-refractivity contribution < 1.29 is 4.92 Å². The molecule has 0 saturated heterocycles. The molecule has 0 N–H and O–H groups in total. The van der Waals surface area contributed by atoms with Crippen molar-refractivity contribution in [3.8, 4) is 0 Å². The van der Waals surface area contributed by atoms with Gasteiger partial charge in [-0.05, 0) is 12.8 Å². The van der Waals surface area contributed by atoms with Crippen LogP contribution in [0.2, 0.25) is 0 Å². The van der Waals surface area contributed by atoms with Gasteiger partial charge in [-0.2, -0.15) is 0 Å². The highest BCUT2D eigenvalue weighted by atomic mass is 16.6. The quantitative estimate of drug-likeness (QED) is 0.498. The number of nitro benzene ring substituents is 1. The van der Waals surface area contributed by atoms with E-state index in [1.807, 2.05) is 6.92 Å². The van der Waals surface area contributed by atoms with Crippen molar-refractivity contribution in [3.63, 3.8) is 0 Å². The third-order valence-corrected chi connectivity index (χ3v) is 1.66. The molecule has 0 fully saturated rings. The van der Waals surface area contributed by atoms with E-state index in [4.69, 9.17) is 0 Å². The summed E-state index contributed by atoms with van der Waals surface area (Å²) in [6.45, 7) is 5.58. The van der Waals surface area contributed by atoms with Gasteiger partial charge in [0.25, 0.3) is 5.69 Å². The summed E-state index contributed by atoms with van der Waals surface area (Å²) in [6.07, 6.45) is 0. The van der Waals surface area contributed by atoms with E-state index >= 15 is 0 Å². The molecule has 0 heterocycles. The Morgan fingerprint density at radius 2 is 2.08 bits per heavy atom. The Balaban J connectivity index is 3.17. The van der Waals surface area contributed by atoms with E-state index in [9.17, 15) is 10.1 Å². The monoisotopic (exact) mass is 164 g/mol. The van der Waals surface area contributed by atoms with Gasteiger partial charge < -0.3 is 0 Å². The van der Waals surface area contributed by atoms with Gasteiger partial charge in [0.05, 0.1) is 4.92 Å². The van der Waals surface area contributed by atoms with Gasteiger partial charge in [0, 0.05) is 11.6 Å². The molecule has 12 heavy (non-hydrogen) atoms. The molecule has 3 nitrogen and oxygen atoms in total. The number of hydrogen-bond acceptors (Lipinski definition) is 2. The van der Waals surface area contributed by atoms with Crippen molar-refractivity contribution in [1.29, 1.82) is 0 Å². The smallest absolute Gasteiger partial charge is 0.258 e. The molecule has 1 aromatic rings. The first-order valence-electron chi connectivity index (χ1n) is 3.69. The van der Waals surface area contributed by atoms with Crippen LogP contribution in [0.15, 0.2) is 24.3 Å². The predicted molar refractivity (Wildman–Crippen MR) is 46.9 cm³/mol. The van der Waals surface area contributed by atoms with Gasteiger partial charge in [-0.25, -0.2) is 0 Å². The Bertz CT molecular complexity index is 294. The van der Waals surface area contributed by atoms with Crippen LogP contribution in [-0.2, 0) is 0 Å². The molecular formula is C9H10NO2. The standard InChI is InChI=1S/C9H10NO2/c1-7(2)8-5-3-4-6-9(8)10(11)12/h3-7H,1H2,2H3/t7-/m1/s1. The molecule has 0 saturated carbocycles. The largest absolute Gasteiger partial charge is 0.272 e. The third kappa shape index (κ3) is 1.61. The highest BCUT2D eigenvalue weighted by Gasteiger charge is 2.14. The molecule has 0 aliphatic carbocycles. The Hall–Kier alpha value is -1.38. The van der Waals surface area contributed by atoms with Gasteiger partial charge in [-0.3, -0.25) is 10.1 Å². The molecule has 0 amide bonds. The van der Waals surface area contributed by atoms with E-state index in [0.717, 1.165) is 0 Å². The van der Waals surface area contributed by atoms with Crippen LogP contribution in [0.1, 0.15) is 18.4 Å². The SMILES string of the molecule is [CH2][C@H](C)c1ccccc1[N+](=O)[O-]. The van der Waals surface area contributed by atoms with Crippen molar-refractivity contribution in [3.05, 3.63) is 46.9 Å². The number of rotatable bonds is 2. The Labute approximate surface area is 71.2 Å². The second-order valence-electron chi connectivity index (χ2n) is 2.72. The fraction of sp³-hybridized carbons (Fsp3) is 0.222. The van der Waals surface area contributed by atoms with Crippen LogP contribution in [0.4, 0.5) is 5.69 Å². The molecule has 1 rings (SSSR count). The number of nitro groups is 1. The van der Waals surface area contributed by atoms with E-state index in [1.54, 1.807) is 18.2 Å². The van der Waals surface area contributed by atoms with Crippen LogP contribution in [0, 0.1) is 17.0 Å². The summed E-state index contributed by atoms with van der Waals surface area (Å²) < 4.78 is 0. The van der Waals surface area contributed by atoms with Gasteiger partial charge in [0.1, 0.15) is 0 Å². The first-order chi connectivity index (χ1) is 5.63. The van der Waals surface area contributed by atoms with Gasteiger partial charge in [0.15, 0.2) is 0 Å². The predicted octanol–water partition coefficient (Wildman–Crippen LogP) is 2.53. The maximum Gasteiger partial charge on any atom is 0.272 e. The topological polar surface area (TPSA) is 43.1 Å². The fourth-order valence-corrected chi connectivity index (χ4v) is 1.07. The van der Waals surface area contributed by atoms with Crippen LogP contribution in [-0.4, -0.2) is 4.92 Å². The summed E-state index contributed by atoms with van der Waals surface area (Å²) in [4.78, 5) is 10.1. The maximum atomic E-state index is 10.5. The molecule has 0 aliphatic rings. The van der Waals surface area contributed by atoms with E-state index in [0.29, 0.717) is 5.56 Å². The summed E-state index contributed by atoms with van der Waals surface area (Å²) in [5, 5.41) is 10.5. The molecule has 1 radical (unpaired) electrons. The number of benzene rings is 1. The zero-order valence-corrected chi connectivity index (χ0v) is 6.86. The van der Waals surface area contributed by atoms with Gasteiger partial charge in [-0.15, -0.1) is 0 Å². The zero-order valence-electron chi connectivity index (χ0n) is 6.86. The zero-order chi connectivity index (χ0) is 9.14. The van der Waals surface area contributed by atoms with Gasteiger partial charge in [0.2, 0.25) is 0 Å². The molecule has 0 spiro atoms. The lowest BCUT2D eigenvalue weighted by Crippen LogP contribution is -1.96.